The number of ether oxygens (including phenoxy) is 3. The third kappa shape index (κ3) is 5.68. The van der Waals surface area contributed by atoms with E-state index in [9.17, 15) is 13.2 Å². The van der Waals surface area contributed by atoms with Gasteiger partial charge in [-0.3, -0.25) is 4.79 Å². The molecule has 0 saturated heterocycles. The molecule has 0 unspecified atom stereocenters. The molecule has 0 saturated carbocycles. The van der Waals surface area contributed by atoms with Crippen LogP contribution in [0.1, 0.15) is 29.8 Å². The Hall–Kier alpha value is -2.78. The Bertz CT molecular complexity index is 1000. The molecular weight excluding hydrogens is 420 g/mol. The Morgan fingerprint density at radius 2 is 1.58 bits per heavy atom. The van der Waals surface area contributed by atoms with Crippen LogP contribution in [0.25, 0.3) is 0 Å². The third-order valence-corrected chi connectivity index (χ3v) is 6.99. The molecule has 8 nitrogen and oxygen atoms in total. The summed E-state index contributed by atoms with van der Waals surface area (Å²) < 4.78 is 43.1. The molecule has 31 heavy (non-hydrogen) atoms. The van der Waals surface area contributed by atoms with Crippen LogP contribution in [0.4, 0.5) is 0 Å². The summed E-state index contributed by atoms with van der Waals surface area (Å²) in [7, 11) is 0.785. The van der Waals surface area contributed by atoms with E-state index in [0.717, 1.165) is 5.56 Å². The van der Waals surface area contributed by atoms with Gasteiger partial charge < -0.3 is 19.5 Å². The van der Waals surface area contributed by atoms with Crippen LogP contribution in [0.3, 0.4) is 0 Å². The van der Waals surface area contributed by atoms with E-state index in [0.29, 0.717) is 37.6 Å². The summed E-state index contributed by atoms with van der Waals surface area (Å²) in [5, 5.41) is 2.83. The minimum Gasteiger partial charge on any atom is -0.497 e. The molecule has 0 aliphatic rings. The van der Waals surface area contributed by atoms with Crippen molar-refractivity contribution in [2.75, 3.05) is 41.0 Å². The van der Waals surface area contributed by atoms with Gasteiger partial charge in [0, 0.05) is 25.2 Å². The number of benzene rings is 2. The van der Waals surface area contributed by atoms with Gasteiger partial charge in [0.05, 0.1) is 21.3 Å². The number of nitrogens with one attached hydrogen (secondary N) is 1. The summed E-state index contributed by atoms with van der Waals surface area (Å²) >= 11 is 0. The Balaban J connectivity index is 2.20. The van der Waals surface area contributed by atoms with E-state index < -0.39 is 10.0 Å². The minimum absolute atomic E-state index is 0.0270. The number of hydrogen-bond acceptors (Lipinski definition) is 6. The largest absolute Gasteiger partial charge is 0.497 e. The lowest BCUT2D eigenvalue weighted by Gasteiger charge is -2.20. The fourth-order valence-corrected chi connectivity index (χ4v) is 4.85. The Morgan fingerprint density at radius 3 is 2.16 bits per heavy atom. The molecule has 0 aliphatic carbocycles. The van der Waals surface area contributed by atoms with E-state index in [-0.39, 0.29) is 22.1 Å². The second-order valence-corrected chi connectivity index (χ2v) is 8.55. The van der Waals surface area contributed by atoms with E-state index >= 15 is 0 Å². The van der Waals surface area contributed by atoms with Gasteiger partial charge in [-0.1, -0.05) is 13.8 Å². The summed E-state index contributed by atoms with van der Waals surface area (Å²) in [5.74, 6) is 1.22. The number of amides is 1. The number of hydrogen-bond donors (Lipinski definition) is 1. The number of rotatable bonds is 11. The van der Waals surface area contributed by atoms with E-state index in [1.165, 1.54) is 23.5 Å². The summed E-state index contributed by atoms with van der Waals surface area (Å²) in [4.78, 5) is 12.7. The first kappa shape index (κ1) is 24.5. The van der Waals surface area contributed by atoms with E-state index in [2.05, 4.69) is 5.32 Å². The predicted octanol–water partition coefficient (Wildman–Crippen LogP) is 2.72. The van der Waals surface area contributed by atoms with Crippen LogP contribution < -0.4 is 19.5 Å². The van der Waals surface area contributed by atoms with Gasteiger partial charge in [-0.2, -0.15) is 4.31 Å². The van der Waals surface area contributed by atoms with Gasteiger partial charge in [-0.05, 0) is 48.4 Å². The summed E-state index contributed by atoms with van der Waals surface area (Å²) in [6.07, 6.45) is 0.521. The van der Waals surface area contributed by atoms with Gasteiger partial charge in [-0.25, -0.2) is 8.42 Å². The van der Waals surface area contributed by atoms with E-state index in [1.807, 2.05) is 12.1 Å². The maximum atomic E-state index is 13.0. The monoisotopic (exact) mass is 450 g/mol. The van der Waals surface area contributed by atoms with Crippen molar-refractivity contribution in [2.24, 2.45) is 0 Å². The van der Waals surface area contributed by atoms with E-state index in [1.54, 1.807) is 40.2 Å². The van der Waals surface area contributed by atoms with E-state index in [4.69, 9.17) is 14.2 Å². The molecule has 0 spiro atoms. The van der Waals surface area contributed by atoms with Crippen molar-refractivity contribution in [1.82, 2.24) is 9.62 Å². The fraction of sp³-hybridized carbons (Fsp3) is 0.409. The van der Waals surface area contributed by atoms with Crippen molar-refractivity contribution in [3.63, 3.8) is 0 Å². The molecule has 2 aromatic carbocycles. The Morgan fingerprint density at radius 1 is 0.935 bits per heavy atom. The average molecular weight is 451 g/mol. The quantitative estimate of drug-likeness (QED) is 0.566. The smallest absolute Gasteiger partial charge is 0.251 e. The van der Waals surface area contributed by atoms with Crippen molar-refractivity contribution in [3.8, 4) is 17.2 Å². The zero-order valence-corrected chi connectivity index (χ0v) is 19.4. The van der Waals surface area contributed by atoms with Crippen molar-refractivity contribution < 1.29 is 27.4 Å². The number of carbonyl (C=O) groups excluding carboxylic acids is 1. The lowest BCUT2D eigenvalue weighted by atomic mass is 10.1. The minimum atomic E-state index is -3.78. The highest BCUT2D eigenvalue weighted by atomic mass is 32.2. The molecule has 170 valence electrons. The SMILES string of the molecule is CCN(CC)S(=O)(=O)c1cc(C(=O)NCCc2cc(OC)ccc2OC)ccc1OC. The lowest BCUT2D eigenvalue weighted by Crippen LogP contribution is -2.31. The van der Waals surface area contributed by atoms with Crippen LogP contribution in [-0.2, 0) is 16.4 Å². The topological polar surface area (TPSA) is 94.2 Å². The highest BCUT2D eigenvalue weighted by molar-refractivity contribution is 7.89. The van der Waals surface area contributed by atoms with Gasteiger partial charge in [0.25, 0.3) is 5.91 Å². The average Bonchev–Trinajstić information content (AvgIpc) is 2.78. The third-order valence-electron chi connectivity index (χ3n) is 4.92. The Kier molecular flexibility index (Phi) is 8.70. The van der Waals surface area contributed by atoms with Crippen LogP contribution in [-0.4, -0.2) is 59.6 Å². The summed E-state index contributed by atoms with van der Waals surface area (Å²) in [6, 6.07) is 9.86. The maximum absolute atomic E-state index is 13.0. The number of sulfonamides is 1. The molecule has 2 aromatic rings. The Labute approximate surface area is 184 Å². The van der Waals surface area contributed by atoms with Gasteiger partial charge in [0.1, 0.15) is 22.1 Å². The molecule has 0 fully saturated rings. The summed E-state index contributed by atoms with van der Waals surface area (Å²) in [6.45, 7) is 4.50. The van der Waals surface area contributed by atoms with Gasteiger partial charge in [0.2, 0.25) is 10.0 Å². The molecule has 1 N–H and O–H groups in total. The van der Waals surface area contributed by atoms with Crippen molar-refractivity contribution in [2.45, 2.75) is 25.2 Å². The fourth-order valence-electron chi connectivity index (χ4n) is 3.21. The van der Waals surface area contributed by atoms with Gasteiger partial charge >= 0.3 is 0 Å². The molecule has 9 heteroatoms. The highest BCUT2D eigenvalue weighted by Gasteiger charge is 2.26. The predicted molar refractivity (Wildman–Crippen MR) is 119 cm³/mol. The highest BCUT2D eigenvalue weighted by Crippen LogP contribution is 2.28. The van der Waals surface area contributed by atoms with Crippen LogP contribution >= 0.6 is 0 Å². The van der Waals surface area contributed by atoms with Crippen LogP contribution in [0.15, 0.2) is 41.3 Å². The van der Waals surface area contributed by atoms with Crippen molar-refractivity contribution in [1.29, 1.82) is 0 Å². The standard InChI is InChI=1S/C22H30N2O6S/c1-6-24(7-2)31(26,27)21-15-17(8-10-20(21)30-5)22(25)23-13-12-16-14-18(28-3)9-11-19(16)29-4/h8-11,14-15H,6-7,12-13H2,1-5H3,(H,23,25). The second kappa shape index (κ2) is 11.0. The first-order valence-electron chi connectivity index (χ1n) is 9.99. The molecule has 0 bridgehead atoms. The van der Waals surface area contributed by atoms with Gasteiger partial charge in [0.15, 0.2) is 0 Å². The second-order valence-electron chi connectivity index (χ2n) is 6.64. The molecule has 0 heterocycles. The zero-order chi connectivity index (χ0) is 23.0. The van der Waals surface area contributed by atoms with Gasteiger partial charge in [-0.15, -0.1) is 0 Å². The number of methoxy groups -OCH3 is 3. The first-order chi connectivity index (χ1) is 14.8. The lowest BCUT2D eigenvalue weighted by molar-refractivity contribution is 0.0953. The van der Waals surface area contributed by atoms with Crippen LogP contribution in [0.2, 0.25) is 0 Å². The molecular formula is C22H30N2O6S. The molecule has 0 radical (unpaired) electrons. The normalized spacial score (nSPS) is 11.3. The van der Waals surface area contributed by atoms with Crippen molar-refractivity contribution in [3.05, 3.63) is 47.5 Å². The van der Waals surface area contributed by atoms with Crippen LogP contribution in [0, 0.1) is 0 Å². The molecule has 0 aromatic heterocycles. The zero-order valence-electron chi connectivity index (χ0n) is 18.6. The number of carbonyl (C=O) groups is 1. The molecule has 0 atom stereocenters. The molecule has 1 amide bonds. The first-order valence-corrected chi connectivity index (χ1v) is 11.4. The maximum Gasteiger partial charge on any atom is 0.251 e. The molecule has 2 rings (SSSR count). The molecule has 0 aliphatic heterocycles. The number of nitrogens with zero attached hydrogens (tertiary/aromatic N) is 1. The van der Waals surface area contributed by atoms with Crippen LogP contribution in [0.5, 0.6) is 17.2 Å². The summed E-state index contributed by atoms with van der Waals surface area (Å²) in [5.41, 5.74) is 1.13. The van der Waals surface area contributed by atoms with Crippen molar-refractivity contribution >= 4 is 15.9 Å².